The Balaban J connectivity index is 2.27. The second-order valence-electron chi connectivity index (χ2n) is 4.76. The number of amides is 1. The predicted octanol–water partition coefficient (Wildman–Crippen LogP) is 1.54. The zero-order chi connectivity index (χ0) is 14.9. The third-order valence-corrected chi connectivity index (χ3v) is 3.35. The summed E-state index contributed by atoms with van der Waals surface area (Å²) >= 11 is 0. The van der Waals surface area contributed by atoms with Crippen molar-refractivity contribution in [3.05, 3.63) is 41.7 Å². The molecule has 2 aromatic rings. The molecule has 1 unspecified atom stereocenters. The number of phenols is 1. The molecule has 1 atom stereocenters. The number of aryl methyl sites for hydroxylation is 1. The maximum Gasteiger partial charge on any atom is 0.276 e. The normalized spacial score (nSPS) is 12.2. The van der Waals surface area contributed by atoms with Crippen LogP contribution in [0.5, 0.6) is 5.75 Å². The molecule has 0 bridgehead atoms. The summed E-state index contributed by atoms with van der Waals surface area (Å²) in [4.78, 5) is 13.9. The van der Waals surface area contributed by atoms with Crippen LogP contribution in [0.4, 0.5) is 5.69 Å². The number of hydrogen-bond acceptors (Lipinski definition) is 4. The van der Waals surface area contributed by atoms with Gasteiger partial charge < -0.3 is 15.7 Å². The van der Waals surface area contributed by atoms with Crippen LogP contribution in [-0.4, -0.2) is 32.7 Å². The highest BCUT2D eigenvalue weighted by molar-refractivity contribution is 5.97. The van der Waals surface area contributed by atoms with Crippen molar-refractivity contribution >= 4 is 11.6 Å². The van der Waals surface area contributed by atoms with Crippen molar-refractivity contribution in [2.75, 3.05) is 12.8 Å². The van der Waals surface area contributed by atoms with E-state index < -0.39 is 0 Å². The number of para-hydroxylation sites is 1. The molecule has 0 radical (unpaired) electrons. The maximum atomic E-state index is 12.4. The SMILES string of the molecule is CC(c1ccccc1O)N(C)C(=O)c1nn(C)cc1N. The highest BCUT2D eigenvalue weighted by Crippen LogP contribution is 2.28. The van der Waals surface area contributed by atoms with Crippen molar-refractivity contribution in [3.63, 3.8) is 0 Å². The zero-order valence-electron chi connectivity index (χ0n) is 11.7. The van der Waals surface area contributed by atoms with E-state index >= 15 is 0 Å². The number of hydrogen-bond donors (Lipinski definition) is 2. The van der Waals surface area contributed by atoms with Crippen LogP contribution in [0.2, 0.25) is 0 Å². The average Bonchev–Trinajstić information content (AvgIpc) is 2.76. The van der Waals surface area contributed by atoms with E-state index in [2.05, 4.69) is 5.10 Å². The second-order valence-corrected chi connectivity index (χ2v) is 4.76. The van der Waals surface area contributed by atoms with Crippen LogP contribution in [0.1, 0.15) is 29.0 Å². The highest BCUT2D eigenvalue weighted by Gasteiger charge is 2.24. The third kappa shape index (κ3) is 2.45. The lowest BCUT2D eigenvalue weighted by molar-refractivity contribution is 0.0735. The Morgan fingerprint density at radius 3 is 2.65 bits per heavy atom. The van der Waals surface area contributed by atoms with E-state index in [4.69, 9.17) is 5.73 Å². The molecule has 1 aromatic carbocycles. The molecule has 0 fully saturated rings. The number of carbonyl (C=O) groups excluding carboxylic acids is 1. The van der Waals surface area contributed by atoms with Crippen molar-refractivity contribution in [1.82, 2.24) is 14.7 Å². The number of anilines is 1. The standard InChI is InChI=1S/C14H18N4O2/c1-9(10-6-4-5-7-12(10)19)18(3)14(20)13-11(15)8-17(2)16-13/h4-9,19H,15H2,1-3H3. The molecule has 106 valence electrons. The lowest BCUT2D eigenvalue weighted by Gasteiger charge is -2.25. The van der Waals surface area contributed by atoms with E-state index in [1.165, 1.54) is 9.58 Å². The van der Waals surface area contributed by atoms with Gasteiger partial charge in [0.1, 0.15) is 5.75 Å². The average molecular weight is 274 g/mol. The van der Waals surface area contributed by atoms with Gasteiger partial charge in [-0.1, -0.05) is 18.2 Å². The molecule has 0 saturated carbocycles. The quantitative estimate of drug-likeness (QED) is 0.889. The van der Waals surface area contributed by atoms with Crippen molar-refractivity contribution in [2.45, 2.75) is 13.0 Å². The molecule has 0 aliphatic carbocycles. The van der Waals surface area contributed by atoms with E-state index in [1.807, 2.05) is 13.0 Å². The Morgan fingerprint density at radius 2 is 2.10 bits per heavy atom. The van der Waals surface area contributed by atoms with Gasteiger partial charge in [0.05, 0.1) is 11.7 Å². The molecule has 3 N–H and O–H groups in total. The first-order valence-electron chi connectivity index (χ1n) is 6.26. The van der Waals surface area contributed by atoms with Crippen LogP contribution in [0, 0.1) is 0 Å². The molecule has 0 aliphatic rings. The fourth-order valence-corrected chi connectivity index (χ4v) is 2.07. The van der Waals surface area contributed by atoms with Gasteiger partial charge in [0.25, 0.3) is 5.91 Å². The molecule has 1 heterocycles. The minimum absolute atomic E-state index is 0.161. The molecule has 0 spiro atoms. The van der Waals surface area contributed by atoms with Gasteiger partial charge in [-0.2, -0.15) is 5.10 Å². The first-order valence-corrected chi connectivity index (χ1v) is 6.26. The zero-order valence-corrected chi connectivity index (χ0v) is 11.7. The van der Waals surface area contributed by atoms with Crippen LogP contribution in [-0.2, 0) is 7.05 Å². The molecule has 0 saturated heterocycles. The summed E-state index contributed by atoms with van der Waals surface area (Å²) in [5.41, 5.74) is 7.01. The summed E-state index contributed by atoms with van der Waals surface area (Å²) in [5, 5.41) is 13.9. The minimum Gasteiger partial charge on any atom is -0.508 e. The Bertz CT molecular complexity index is 636. The molecule has 20 heavy (non-hydrogen) atoms. The molecule has 1 aromatic heterocycles. The maximum absolute atomic E-state index is 12.4. The molecule has 6 heteroatoms. The largest absolute Gasteiger partial charge is 0.508 e. The van der Waals surface area contributed by atoms with E-state index in [-0.39, 0.29) is 23.4 Å². The van der Waals surface area contributed by atoms with Gasteiger partial charge in [0.15, 0.2) is 5.69 Å². The van der Waals surface area contributed by atoms with Crippen LogP contribution >= 0.6 is 0 Å². The molecular weight excluding hydrogens is 256 g/mol. The highest BCUT2D eigenvalue weighted by atomic mass is 16.3. The minimum atomic E-state index is -0.287. The fraction of sp³-hybridized carbons (Fsp3) is 0.286. The lowest BCUT2D eigenvalue weighted by atomic mass is 10.1. The topological polar surface area (TPSA) is 84.4 Å². The Hall–Kier alpha value is -2.50. The van der Waals surface area contributed by atoms with Crippen LogP contribution < -0.4 is 5.73 Å². The molecule has 0 aliphatic heterocycles. The number of benzene rings is 1. The number of aromatic nitrogens is 2. The van der Waals surface area contributed by atoms with E-state index in [1.54, 1.807) is 38.5 Å². The Morgan fingerprint density at radius 1 is 1.45 bits per heavy atom. The Kier molecular flexibility index (Phi) is 3.65. The van der Waals surface area contributed by atoms with E-state index in [0.29, 0.717) is 11.3 Å². The van der Waals surface area contributed by atoms with Crippen molar-refractivity contribution in [1.29, 1.82) is 0 Å². The number of aromatic hydroxyl groups is 1. The molecular formula is C14H18N4O2. The smallest absolute Gasteiger partial charge is 0.276 e. The van der Waals surface area contributed by atoms with Crippen LogP contribution in [0.25, 0.3) is 0 Å². The van der Waals surface area contributed by atoms with Crippen molar-refractivity contribution in [3.8, 4) is 5.75 Å². The fourth-order valence-electron chi connectivity index (χ4n) is 2.07. The van der Waals surface area contributed by atoms with Gasteiger partial charge in [-0.25, -0.2) is 0 Å². The summed E-state index contributed by atoms with van der Waals surface area (Å²) in [6, 6.07) is 6.65. The number of nitrogens with zero attached hydrogens (tertiary/aromatic N) is 3. The molecule has 6 nitrogen and oxygen atoms in total. The molecule has 2 rings (SSSR count). The van der Waals surface area contributed by atoms with Gasteiger partial charge in [-0.15, -0.1) is 0 Å². The van der Waals surface area contributed by atoms with Gasteiger partial charge >= 0.3 is 0 Å². The van der Waals surface area contributed by atoms with E-state index in [0.717, 1.165) is 0 Å². The van der Waals surface area contributed by atoms with E-state index in [9.17, 15) is 9.90 Å². The van der Waals surface area contributed by atoms with Crippen molar-refractivity contribution in [2.24, 2.45) is 7.05 Å². The van der Waals surface area contributed by atoms with Gasteiger partial charge in [-0.05, 0) is 13.0 Å². The predicted molar refractivity (Wildman–Crippen MR) is 76.2 cm³/mol. The first-order chi connectivity index (χ1) is 9.41. The number of nitrogen functional groups attached to an aromatic ring is 1. The number of rotatable bonds is 3. The number of carbonyl (C=O) groups is 1. The summed E-state index contributed by atoms with van der Waals surface area (Å²) in [6.07, 6.45) is 1.59. The summed E-state index contributed by atoms with van der Waals surface area (Å²) in [7, 11) is 3.37. The summed E-state index contributed by atoms with van der Waals surface area (Å²) in [6.45, 7) is 1.84. The second kappa shape index (κ2) is 5.24. The monoisotopic (exact) mass is 274 g/mol. The Labute approximate surface area is 117 Å². The van der Waals surface area contributed by atoms with Crippen LogP contribution in [0.15, 0.2) is 30.5 Å². The van der Waals surface area contributed by atoms with Gasteiger partial charge in [-0.3, -0.25) is 9.48 Å². The lowest BCUT2D eigenvalue weighted by Crippen LogP contribution is -2.30. The van der Waals surface area contributed by atoms with Gasteiger partial charge in [0.2, 0.25) is 0 Å². The van der Waals surface area contributed by atoms with Crippen molar-refractivity contribution < 1.29 is 9.90 Å². The summed E-state index contributed by atoms with van der Waals surface area (Å²) < 4.78 is 1.50. The summed E-state index contributed by atoms with van der Waals surface area (Å²) in [5.74, 6) is -0.118. The van der Waals surface area contributed by atoms with Crippen LogP contribution in [0.3, 0.4) is 0 Å². The van der Waals surface area contributed by atoms with Gasteiger partial charge in [0, 0.05) is 25.9 Å². The first kappa shape index (κ1) is 13.9. The number of phenolic OH excluding ortho intramolecular Hbond substituents is 1. The molecule has 1 amide bonds. The third-order valence-electron chi connectivity index (χ3n) is 3.35. The number of nitrogens with two attached hydrogens (primary N) is 1.